The summed E-state index contributed by atoms with van der Waals surface area (Å²) in [6.45, 7) is 2.21. The van der Waals surface area contributed by atoms with E-state index in [4.69, 9.17) is 0 Å². The minimum atomic E-state index is 0.00910. The van der Waals surface area contributed by atoms with E-state index in [0.717, 1.165) is 6.42 Å². The highest BCUT2D eigenvalue weighted by atomic mass is 79.9. The molecule has 0 heterocycles. The number of halogens is 4. The van der Waals surface area contributed by atoms with Crippen molar-refractivity contribution in [2.45, 2.75) is 39.6 Å². The predicted molar refractivity (Wildman–Crippen MR) is 66.4 cm³/mol. The molecule has 0 aromatic heterocycles. The largest absolute Gasteiger partial charge is 0.103 e. The van der Waals surface area contributed by atoms with E-state index in [-0.39, 0.29) is 6.97 Å². The van der Waals surface area contributed by atoms with Gasteiger partial charge in [-0.05, 0) is 6.42 Å². The number of rotatable bonds is 5. The lowest BCUT2D eigenvalue weighted by atomic mass is 10.2. The maximum Gasteiger partial charge on any atom is 0.103 e. The molecule has 0 N–H and O–H groups in total. The van der Waals surface area contributed by atoms with Crippen molar-refractivity contribution in [2.24, 2.45) is 0 Å². The number of hydrogen-bond donors (Lipinski definition) is 0. The molecule has 0 unspecified atom stereocenters. The van der Waals surface area contributed by atoms with Gasteiger partial charge in [-0.15, -0.1) is 0 Å². The van der Waals surface area contributed by atoms with Crippen LogP contribution in [0.2, 0.25) is 0 Å². The molecule has 0 atom stereocenters. The van der Waals surface area contributed by atoms with Crippen molar-refractivity contribution in [1.29, 1.82) is 0 Å². The zero-order valence-electron chi connectivity index (χ0n) is 6.42. The summed E-state index contributed by atoms with van der Waals surface area (Å²) in [4.78, 5) is 0. The first-order chi connectivity index (χ1) is 5.00. The first kappa shape index (κ1) is 12.9. The summed E-state index contributed by atoms with van der Waals surface area (Å²) in [6, 6.07) is 0. The Labute approximate surface area is 102 Å². The van der Waals surface area contributed by atoms with E-state index in [0.29, 0.717) is 0 Å². The fourth-order valence-corrected chi connectivity index (χ4v) is 1.74. The molecule has 0 radical (unpaired) electrons. The normalized spacial score (nSPS) is 12.5. The van der Waals surface area contributed by atoms with Crippen LogP contribution in [0.3, 0.4) is 0 Å². The topological polar surface area (TPSA) is 0 Å². The fraction of sp³-hybridized carbons (Fsp3) is 1.00. The second kappa shape index (κ2) is 6.39. The molecule has 0 aliphatic heterocycles. The van der Waals surface area contributed by atoms with Gasteiger partial charge in [0.1, 0.15) is 3.23 Å². The van der Waals surface area contributed by atoms with E-state index in [9.17, 15) is 0 Å². The summed E-state index contributed by atoms with van der Waals surface area (Å²) >= 11 is 14.1. The summed E-state index contributed by atoms with van der Waals surface area (Å²) in [5.74, 6) is 0. The van der Waals surface area contributed by atoms with Crippen LogP contribution in [0.4, 0.5) is 0 Å². The van der Waals surface area contributed by atoms with E-state index in [2.05, 4.69) is 70.6 Å². The SMILES string of the molecule is CCCCCC(Br)(Br)C(Br)Br. The fourth-order valence-electron chi connectivity index (χ4n) is 0.720. The molecule has 0 aromatic carbocycles. The van der Waals surface area contributed by atoms with Crippen LogP contribution >= 0.6 is 63.7 Å². The number of unbranched alkanes of at least 4 members (excludes halogenated alkanes) is 2. The van der Waals surface area contributed by atoms with Crippen molar-refractivity contribution in [3.8, 4) is 0 Å². The summed E-state index contributed by atoms with van der Waals surface area (Å²) in [7, 11) is 0. The van der Waals surface area contributed by atoms with E-state index in [1.165, 1.54) is 19.3 Å². The van der Waals surface area contributed by atoms with Crippen molar-refractivity contribution in [1.82, 2.24) is 0 Å². The Morgan fingerprint density at radius 1 is 1.18 bits per heavy atom. The van der Waals surface area contributed by atoms with Crippen LogP contribution in [-0.2, 0) is 0 Å². The molecule has 11 heavy (non-hydrogen) atoms. The van der Waals surface area contributed by atoms with E-state index in [1.54, 1.807) is 0 Å². The van der Waals surface area contributed by atoms with Gasteiger partial charge in [0.25, 0.3) is 0 Å². The Bertz CT molecular complexity index is 101. The number of alkyl halides is 4. The summed E-state index contributed by atoms with van der Waals surface area (Å²) in [5.41, 5.74) is 0. The van der Waals surface area contributed by atoms with Gasteiger partial charge in [-0.3, -0.25) is 0 Å². The molecule has 0 fully saturated rings. The van der Waals surface area contributed by atoms with Crippen molar-refractivity contribution in [3.05, 3.63) is 0 Å². The highest BCUT2D eigenvalue weighted by Crippen LogP contribution is 2.42. The van der Waals surface area contributed by atoms with Gasteiger partial charge in [0.15, 0.2) is 0 Å². The summed E-state index contributed by atoms with van der Waals surface area (Å²) in [6.07, 6.45) is 4.94. The monoisotopic (exact) mass is 412 g/mol. The molecule has 0 bridgehead atoms. The van der Waals surface area contributed by atoms with Crippen molar-refractivity contribution in [2.75, 3.05) is 0 Å². The maximum absolute atomic E-state index is 3.60. The lowest BCUT2D eigenvalue weighted by Gasteiger charge is -2.21. The molecule has 4 heteroatoms. The van der Waals surface area contributed by atoms with Gasteiger partial charge in [-0.25, -0.2) is 0 Å². The number of hydrogen-bond acceptors (Lipinski definition) is 0. The Kier molecular flexibility index (Phi) is 7.50. The Morgan fingerprint density at radius 3 is 2.09 bits per heavy atom. The quantitative estimate of drug-likeness (QED) is 0.429. The second-order valence-electron chi connectivity index (χ2n) is 2.52. The van der Waals surface area contributed by atoms with Gasteiger partial charge < -0.3 is 0 Å². The van der Waals surface area contributed by atoms with Gasteiger partial charge in [0, 0.05) is 0 Å². The highest BCUT2D eigenvalue weighted by molar-refractivity contribution is 9.30. The molecule has 0 nitrogen and oxygen atoms in total. The van der Waals surface area contributed by atoms with Gasteiger partial charge in [-0.2, -0.15) is 0 Å². The Morgan fingerprint density at radius 2 is 1.73 bits per heavy atom. The Hall–Kier alpha value is 1.92. The molecule has 0 saturated heterocycles. The zero-order chi connectivity index (χ0) is 8.91. The third kappa shape index (κ3) is 6.05. The molecule has 0 saturated carbocycles. The molecule has 68 valence electrons. The van der Waals surface area contributed by atoms with Crippen LogP contribution in [0.15, 0.2) is 0 Å². The van der Waals surface area contributed by atoms with Crippen LogP contribution in [0.1, 0.15) is 32.6 Å². The zero-order valence-corrected chi connectivity index (χ0v) is 12.8. The van der Waals surface area contributed by atoms with Crippen LogP contribution in [0.5, 0.6) is 0 Å². The molecule has 0 aliphatic carbocycles. The smallest absolute Gasteiger partial charge is 0.0740 e. The van der Waals surface area contributed by atoms with Crippen LogP contribution in [0.25, 0.3) is 0 Å². The van der Waals surface area contributed by atoms with E-state index < -0.39 is 0 Å². The lowest BCUT2D eigenvalue weighted by molar-refractivity contribution is 0.654. The van der Waals surface area contributed by atoms with Crippen LogP contribution in [-0.4, -0.2) is 6.97 Å². The molecule has 0 spiro atoms. The van der Waals surface area contributed by atoms with Gasteiger partial charge in [0.05, 0.1) is 3.74 Å². The highest BCUT2D eigenvalue weighted by Gasteiger charge is 2.28. The minimum Gasteiger partial charge on any atom is -0.0740 e. The van der Waals surface area contributed by atoms with Crippen molar-refractivity contribution in [3.63, 3.8) is 0 Å². The summed E-state index contributed by atoms with van der Waals surface area (Å²) < 4.78 is 0.286. The average molecular weight is 416 g/mol. The Balaban J connectivity index is 3.55. The van der Waals surface area contributed by atoms with Gasteiger partial charge in [-0.1, -0.05) is 89.9 Å². The average Bonchev–Trinajstić information content (AvgIpc) is 1.88. The van der Waals surface area contributed by atoms with E-state index in [1.807, 2.05) is 0 Å². The molecular weight excluding hydrogens is 404 g/mol. The molecule has 0 aliphatic rings. The van der Waals surface area contributed by atoms with Crippen LogP contribution < -0.4 is 0 Å². The van der Waals surface area contributed by atoms with Crippen molar-refractivity contribution < 1.29 is 0 Å². The minimum absolute atomic E-state index is 0.00910. The lowest BCUT2D eigenvalue weighted by Crippen LogP contribution is -2.19. The first-order valence-electron chi connectivity index (χ1n) is 3.66. The third-order valence-corrected chi connectivity index (χ3v) is 7.16. The predicted octanol–water partition coefficient (Wildman–Crippen LogP) is 5.17. The third-order valence-electron chi connectivity index (χ3n) is 1.43. The van der Waals surface area contributed by atoms with Gasteiger partial charge in [0.2, 0.25) is 0 Å². The maximum atomic E-state index is 3.60. The standard InChI is InChI=1S/C7H12Br4/c1-2-3-4-5-7(10,11)6(8)9/h6H,2-5H2,1H3. The first-order valence-corrected chi connectivity index (χ1v) is 7.08. The molecule has 0 amide bonds. The van der Waals surface area contributed by atoms with Crippen molar-refractivity contribution >= 4 is 63.7 Å². The van der Waals surface area contributed by atoms with Gasteiger partial charge >= 0.3 is 0 Å². The molecule has 0 rings (SSSR count). The van der Waals surface area contributed by atoms with E-state index >= 15 is 0 Å². The second-order valence-corrected chi connectivity index (χ2v) is 9.47. The van der Waals surface area contributed by atoms with Crippen LogP contribution in [0, 0.1) is 0 Å². The molecular formula is C7H12Br4. The summed E-state index contributed by atoms with van der Waals surface area (Å²) in [5, 5.41) is 0. The molecule has 0 aromatic rings.